The van der Waals surface area contributed by atoms with Crippen LogP contribution in [0.3, 0.4) is 0 Å². The van der Waals surface area contributed by atoms with Crippen LogP contribution >= 0.6 is 0 Å². The zero-order chi connectivity index (χ0) is 29.2. The molecule has 11 heteroatoms. The molecule has 3 aromatic rings. The number of nitrogens with one attached hydrogen (secondary N) is 1. The highest BCUT2D eigenvalue weighted by Gasteiger charge is 2.48. The van der Waals surface area contributed by atoms with E-state index in [1.807, 2.05) is 0 Å². The number of halogens is 5. The smallest absolute Gasteiger partial charge is 0.320 e. The summed E-state index contributed by atoms with van der Waals surface area (Å²) in [4.78, 5) is 15.0. The predicted molar refractivity (Wildman–Crippen MR) is 143 cm³/mol. The summed E-state index contributed by atoms with van der Waals surface area (Å²) < 4.78 is 72.9. The lowest BCUT2D eigenvalue weighted by atomic mass is 9.67. The number of amides is 1. The number of carbonyl (C=O) groups is 1. The van der Waals surface area contributed by atoms with Crippen molar-refractivity contribution in [3.63, 3.8) is 0 Å². The predicted octanol–water partition coefficient (Wildman–Crippen LogP) is 6.52. The highest BCUT2D eigenvalue weighted by molar-refractivity contribution is 6.10. The van der Waals surface area contributed by atoms with Gasteiger partial charge in [0, 0.05) is 43.2 Å². The van der Waals surface area contributed by atoms with Crippen LogP contribution in [0, 0.1) is 0 Å². The van der Waals surface area contributed by atoms with Crippen LogP contribution in [0.5, 0.6) is 0 Å². The maximum Gasteiger partial charge on any atom is 0.416 e. The van der Waals surface area contributed by atoms with E-state index in [4.69, 9.17) is 0 Å². The highest BCUT2D eigenvalue weighted by atomic mass is 19.4. The van der Waals surface area contributed by atoms with Crippen molar-refractivity contribution in [1.82, 2.24) is 20.1 Å². The number of hydrogen-bond acceptors (Lipinski definition) is 4. The molecule has 1 amide bonds. The number of alkyl halides is 5. The maximum atomic E-state index is 14.3. The Hall–Kier alpha value is -3.34. The van der Waals surface area contributed by atoms with E-state index in [-0.39, 0.29) is 55.4 Å². The lowest BCUT2D eigenvalue weighted by Gasteiger charge is -2.40. The van der Waals surface area contributed by atoms with E-state index in [0.717, 1.165) is 25.3 Å². The summed E-state index contributed by atoms with van der Waals surface area (Å²) in [5.74, 6) is -2.76. The van der Waals surface area contributed by atoms with Gasteiger partial charge in [-0.2, -0.15) is 13.2 Å². The third kappa shape index (κ3) is 4.91. The summed E-state index contributed by atoms with van der Waals surface area (Å²) in [5, 5.41) is 11.6. The fourth-order valence-electron chi connectivity index (χ4n) is 6.60. The Labute approximate surface area is 234 Å². The van der Waals surface area contributed by atoms with Gasteiger partial charge in [-0.05, 0) is 80.0 Å². The van der Waals surface area contributed by atoms with Crippen LogP contribution in [0.15, 0.2) is 42.7 Å². The molecule has 2 heterocycles. The Morgan fingerprint density at radius 1 is 1.02 bits per heavy atom. The van der Waals surface area contributed by atoms with Gasteiger partial charge in [-0.25, -0.2) is 8.78 Å². The Kier molecular flexibility index (Phi) is 6.52. The molecule has 1 N–H and O–H groups in total. The number of carbonyl (C=O) groups excluding carboxylic acids is 1. The molecule has 0 unspecified atom stereocenters. The van der Waals surface area contributed by atoms with Crippen LogP contribution in [-0.4, -0.2) is 32.1 Å². The fourth-order valence-corrected chi connectivity index (χ4v) is 6.60. The van der Waals surface area contributed by atoms with Crippen LogP contribution in [0.1, 0.15) is 90.3 Å². The van der Waals surface area contributed by atoms with Crippen LogP contribution < -0.4 is 10.2 Å². The minimum absolute atomic E-state index is 0.0427. The molecule has 2 aromatic carbocycles. The van der Waals surface area contributed by atoms with Gasteiger partial charge in [0.2, 0.25) is 5.92 Å². The van der Waals surface area contributed by atoms with E-state index < -0.39 is 29.0 Å². The zero-order valence-corrected chi connectivity index (χ0v) is 23.0. The zero-order valence-electron chi connectivity index (χ0n) is 23.0. The number of benzene rings is 2. The summed E-state index contributed by atoms with van der Waals surface area (Å²) >= 11 is 0. The number of aryl methyl sites for hydroxylation is 1. The molecule has 2 fully saturated rings. The van der Waals surface area contributed by atoms with Gasteiger partial charge in [-0.1, -0.05) is 12.1 Å². The van der Waals surface area contributed by atoms with E-state index >= 15 is 0 Å². The third-order valence-electron chi connectivity index (χ3n) is 9.27. The first-order valence-electron chi connectivity index (χ1n) is 13.9. The van der Waals surface area contributed by atoms with Crippen molar-refractivity contribution in [3.8, 4) is 0 Å². The van der Waals surface area contributed by atoms with Gasteiger partial charge in [-0.3, -0.25) is 4.79 Å². The molecule has 6 nitrogen and oxygen atoms in total. The molecular weight excluding hydrogens is 541 g/mol. The second-order valence-corrected chi connectivity index (χ2v) is 12.1. The van der Waals surface area contributed by atoms with Gasteiger partial charge in [0.05, 0.1) is 17.5 Å². The minimum Gasteiger partial charge on any atom is -0.320 e. The van der Waals surface area contributed by atoms with Crippen molar-refractivity contribution in [2.24, 2.45) is 7.05 Å². The van der Waals surface area contributed by atoms with Gasteiger partial charge >= 0.3 is 6.18 Å². The van der Waals surface area contributed by atoms with Gasteiger partial charge in [-0.15, -0.1) is 10.2 Å². The van der Waals surface area contributed by atoms with E-state index in [0.29, 0.717) is 22.6 Å². The van der Waals surface area contributed by atoms with Crippen molar-refractivity contribution in [3.05, 3.63) is 76.4 Å². The monoisotopic (exact) mass is 573 g/mol. The van der Waals surface area contributed by atoms with Gasteiger partial charge in [0.1, 0.15) is 12.2 Å². The molecule has 0 radical (unpaired) electrons. The lowest BCUT2D eigenvalue weighted by molar-refractivity contribution is -0.138. The van der Waals surface area contributed by atoms with E-state index in [1.54, 1.807) is 41.9 Å². The standard InChI is InChI=1S/C30H32F5N5O/c1-27(7-4-8-27)36-16-19-13-22-23(24(14-19)30(33,34)35)17-40(25(22)41)21-6-3-5-20(15-21)28(26-38-37-18-39(26)2)9-11-29(31,32)12-10-28/h3,5-6,13-15,18,36H,4,7-12,16-17H2,1-2H3. The second-order valence-electron chi connectivity index (χ2n) is 12.1. The van der Waals surface area contributed by atoms with Crippen LogP contribution in [0.4, 0.5) is 27.6 Å². The third-order valence-corrected chi connectivity index (χ3v) is 9.27. The molecule has 6 rings (SSSR count). The first-order valence-corrected chi connectivity index (χ1v) is 13.9. The Morgan fingerprint density at radius 3 is 2.37 bits per heavy atom. The van der Waals surface area contributed by atoms with E-state index in [1.165, 1.54) is 11.2 Å². The molecule has 0 atom stereocenters. The number of rotatable bonds is 6. The molecule has 2 aliphatic carbocycles. The Bertz CT molecular complexity index is 1480. The normalized spacial score (nSPS) is 21.0. The second kappa shape index (κ2) is 9.61. The number of fused-ring (bicyclic) bond motifs is 1. The molecule has 0 spiro atoms. The SMILES string of the molecule is Cn1cnnc1C1(c2cccc(N3Cc4c(cc(CNC5(C)CCC5)cc4C(F)(F)F)C3=O)c2)CCC(F)(F)CC1. The van der Waals surface area contributed by atoms with Crippen LogP contribution in [0.25, 0.3) is 0 Å². The van der Waals surface area contributed by atoms with Crippen molar-refractivity contribution in [2.75, 3.05) is 4.90 Å². The molecule has 41 heavy (non-hydrogen) atoms. The Balaban J connectivity index is 1.35. The molecule has 3 aliphatic rings. The van der Waals surface area contributed by atoms with Gasteiger partial charge < -0.3 is 14.8 Å². The van der Waals surface area contributed by atoms with Gasteiger partial charge in [0.15, 0.2) is 0 Å². The summed E-state index contributed by atoms with van der Waals surface area (Å²) in [6.07, 6.45) is -0.525. The molecule has 0 bridgehead atoms. The first-order chi connectivity index (χ1) is 19.3. The number of anilines is 1. The van der Waals surface area contributed by atoms with Crippen molar-refractivity contribution in [2.45, 2.75) is 88.0 Å². The van der Waals surface area contributed by atoms with E-state index in [9.17, 15) is 26.7 Å². The quantitative estimate of drug-likeness (QED) is 0.341. The molecule has 0 saturated heterocycles. The minimum atomic E-state index is -4.62. The average molecular weight is 574 g/mol. The number of nitrogens with zero attached hydrogens (tertiary/aromatic N) is 4. The molecule has 1 aliphatic heterocycles. The lowest BCUT2D eigenvalue weighted by Crippen LogP contribution is -2.47. The fraction of sp³-hybridized carbons (Fsp3) is 0.500. The largest absolute Gasteiger partial charge is 0.416 e. The molecule has 2 saturated carbocycles. The van der Waals surface area contributed by atoms with Crippen LogP contribution in [0.2, 0.25) is 0 Å². The van der Waals surface area contributed by atoms with Crippen molar-refractivity contribution in [1.29, 1.82) is 0 Å². The summed E-state index contributed by atoms with van der Waals surface area (Å²) in [7, 11) is 1.75. The van der Waals surface area contributed by atoms with Crippen molar-refractivity contribution < 1.29 is 26.7 Å². The molecule has 1 aromatic heterocycles. The summed E-state index contributed by atoms with van der Waals surface area (Å²) in [6.45, 7) is 2.06. The average Bonchev–Trinajstić information content (AvgIpc) is 3.49. The number of hydrogen-bond donors (Lipinski definition) is 1. The highest BCUT2D eigenvalue weighted by Crippen LogP contribution is 2.49. The first kappa shape index (κ1) is 27.8. The molecule has 218 valence electrons. The van der Waals surface area contributed by atoms with Crippen molar-refractivity contribution >= 4 is 11.6 Å². The van der Waals surface area contributed by atoms with Crippen LogP contribution in [-0.2, 0) is 31.7 Å². The maximum absolute atomic E-state index is 14.3. The Morgan fingerprint density at radius 2 is 1.76 bits per heavy atom. The molecular formula is C30H32F5N5O. The summed E-state index contributed by atoms with van der Waals surface area (Å²) in [5.41, 5.74) is -0.271. The summed E-state index contributed by atoms with van der Waals surface area (Å²) in [6, 6.07) is 9.63. The number of aromatic nitrogens is 3. The topological polar surface area (TPSA) is 63.1 Å². The van der Waals surface area contributed by atoms with E-state index in [2.05, 4.69) is 22.4 Å². The van der Waals surface area contributed by atoms with Gasteiger partial charge in [0.25, 0.3) is 5.91 Å².